The smallest absolute Gasteiger partial charge is 0.106 e. The van der Waals surface area contributed by atoms with Crippen molar-refractivity contribution in [1.29, 1.82) is 0 Å². The van der Waals surface area contributed by atoms with E-state index in [0.29, 0.717) is 0 Å². The van der Waals surface area contributed by atoms with Crippen molar-refractivity contribution in [2.24, 2.45) is 0 Å². The van der Waals surface area contributed by atoms with Crippen LogP contribution in [0.2, 0.25) is 0 Å². The maximum absolute atomic E-state index is 4.62. The molecule has 0 saturated heterocycles. The van der Waals surface area contributed by atoms with Gasteiger partial charge in [-0.3, -0.25) is 0 Å². The molecule has 14 heavy (non-hydrogen) atoms. The van der Waals surface area contributed by atoms with Crippen molar-refractivity contribution in [3.05, 3.63) is 28.0 Å². The molecule has 0 radical (unpaired) electrons. The van der Waals surface area contributed by atoms with E-state index in [9.17, 15) is 0 Å². The summed E-state index contributed by atoms with van der Waals surface area (Å²) in [5.41, 5.74) is 2.93. The quantitative estimate of drug-likeness (QED) is 0.690. The lowest BCUT2D eigenvalue weighted by atomic mass is 9.85. The highest BCUT2D eigenvalue weighted by molar-refractivity contribution is 9.10. The first kappa shape index (κ1) is 10.2. The van der Waals surface area contributed by atoms with Crippen LogP contribution in [0, 0.1) is 0 Å². The third-order valence-corrected chi connectivity index (χ3v) is 3.10. The third-order valence-electron chi connectivity index (χ3n) is 2.66. The molecule has 1 aliphatic rings. The van der Waals surface area contributed by atoms with Gasteiger partial charge in [0.2, 0.25) is 0 Å². The van der Waals surface area contributed by atoms with Gasteiger partial charge >= 0.3 is 0 Å². The van der Waals surface area contributed by atoms with Crippen molar-refractivity contribution in [3.8, 4) is 0 Å². The number of aromatic nitrogens is 1. The van der Waals surface area contributed by atoms with E-state index in [1.165, 1.54) is 24.1 Å². The lowest BCUT2D eigenvalue weighted by molar-refractivity contribution is 0.577. The molecule has 1 nitrogen and oxygen atoms in total. The van der Waals surface area contributed by atoms with Crippen LogP contribution in [-0.2, 0) is 5.41 Å². The topological polar surface area (TPSA) is 12.9 Å². The first-order chi connectivity index (χ1) is 6.48. The van der Waals surface area contributed by atoms with Crippen molar-refractivity contribution < 1.29 is 0 Å². The van der Waals surface area contributed by atoms with E-state index >= 15 is 0 Å². The fraction of sp³-hybridized carbons (Fsp3) is 0.583. The predicted octanol–water partition coefficient (Wildman–Crippen LogP) is 4.02. The molecule has 1 aromatic rings. The molecule has 1 fully saturated rings. The van der Waals surface area contributed by atoms with Gasteiger partial charge in [0, 0.05) is 11.6 Å². The van der Waals surface area contributed by atoms with Crippen LogP contribution in [0.15, 0.2) is 16.7 Å². The minimum Gasteiger partial charge on any atom is -0.245 e. The number of halogens is 1. The molecule has 2 rings (SSSR count). The molecule has 1 aliphatic carbocycles. The number of pyridine rings is 1. The Bertz CT molecular complexity index is 348. The Kier molecular flexibility index (Phi) is 2.42. The van der Waals surface area contributed by atoms with Gasteiger partial charge in [-0.1, -0.05) is 26.8 Å². The fourth-order valence-corrected chi connectivity index (χ4v) is 2.08. The van der Waals surface area contributed by atoms with Crippen molar-refractivity contribution >= 4 is 15.9 Å². The number of hydrogen-bond donors (Lipinski definition) is 0. The summed E-state index contributed by atoms with van der Waals surface area (Å²) in [6, 6.07) is 4.26. The molecule has 0 unspecified atom stereocenters. The molecule has 76 valence electrons. The monoisotopic (exact) mass is 253 g/mol. The second kappa shape index (κ2) is 3.34. The van der Waals surface area contributed by atoms with Crippen molar-refractivity contribution in [1.82, 2.24) is 4.98 Å². The molecule has 0 N–H and O–H groups in total. The van der Waals surface area contributed by atoms with Gasteiger partial charge in [-0.15, -0.1) is 0 Å². The van der Waals surface area contributed by atoms with Crippen LogP contribution < -0.4 is 0 Å². The zero-order valence-electron chi connectivity index (χ0n) is 8.97. The second-order valence-electron chi connectivity index (χ2n) is 5.09. The molecule has 1 heterocycles. The Balaban J connectivity index is 2.47. The maximum Gasteiger partial charge on any atom is 0.106 e. The average molecular weight is 254 g/mol. The summed E-state index contributed by atoms with van der Waals surface area (Å²) >= 11 is 3.45. The van der Waals surface area contributed by atoms with E-state index in [-0.39, 0.29) is 5.41 Å². The summed E-state index contributed by atoms with van der Waals surface area (Å²) in [6.45, 7) is 6.76. The summed E-state index contributed by atoms with van der Waals surface area (Å²) in [6.07, 6.45) is 2.62. The molecule has 0 aliphatic heterocycles. The summed E-state index contributed by atoms with van der Waals surface area (Å²) in [5.74, 6) is 0.724. The molecule has 1 saturated carbocycles. The Hall–Kier alpha value is -0.370. The molecule has 0 amide bonds. The van der Waals surface area contributed by atoms with Crippen LogP contribution in [0.3, 0.4) is 0 Å². The van der Waals surface area contributed by atoms with E-state index in [2.05, 4.69) is 47.8 Å². The number of rotatable bonds is 1. The summed E-state index contributed by atoms with van der Waals surface area (Å²) < 4.78 is 0.965. The maximum atomic E-state index is 4.62. The third kappa shape index (κ3) is 2.00. The van der Waals surface area contributed by atoms with Gasteiger partial charge in [-0.2, -0.15) is 0 Å². The van der Waals surface area contributed by atoms with Gasteiger partial charge in [-0.25, -0.2) is 4.98 Å². The van der Waals surface area contributed by atoms with E-state index in [1.54, 1.807) is 0 Å². The molecule has 0 spiro atoms. The summed E-state index contributed by atoms with van der Waals surface area (Å²) in [5, 5.41) is 0. The van der Waals surface area contributed by atoms with Crippen LogP contribution in [0.5, 0.6) is 0 Å². The van der Waals surface area contributed by atoms with Crippen LogP contribution in [0.4, 0.5) is 0 Å². The highest BCUT2D eigenvalue weighted by Gasteiger charge is 2.31. The van der Waals surface area contributed by atoms with Gasteiger partial charge in [0.25, 0.3) is 0 Å². The zero-order chi connectivity index (χ0) is 10.3. The van der Waals surface area contributed by atoms with Crippen LogP contribution >= 0.6 is 15.9 Å². The number of hydrogen-bond acceptors (Lipinski definition) is 1. The van der Waals surface area contributed by atoms with Crippen molar-refractivity contribution in [3.63, 3.8) is 0 Å². The Morgan fingerprint density at radius 2 is 1.93 bits per heavy atom. The highest BCUT2D eigenvalue weighted by Crippen LogP contribution is 2.43. The Morgan fingerprint density at radius 1 is 1.29 bits per heavy atom. The molecule has 0 aromatic carbocycles. The van der Waals surface area contributed by atoms with E-state index in [0.717, 1.165) is 10.5 Å². The SMILES string of the molecule is CC(C)(C)c1ccc(Br)nc1C1CC1. The minimum atomic E-state index is 0.214. The molecule has 2 heteroatoms. The largest absolute Gasteiger partial charge is 0.245 e. The van der Waals surface area contributed by atoms with E-state index in [4.69, 9.17) is 0 Å². The first-order valence-electron chi connectivity index (χ1n) is 5.15. The van der Waals surface area contributed by atoms with Gasteiger partial charge in [0.15, 0.2) is 0 Å². The molecule has 0 atom stereocenters. The van der Waals surface area contributed by atoms with Crippen LogP contribution in [0.1, 0.15) is 50.8 Å². The van der Waals surface area contributed by atoms with Crippen molar-refractivity contribution in [2.45, 2.75) is 44.9 Å². The summed E-state index contributed by atoms with van der Waals surface area (Å²) in [7, 11) is 0. The van der Waals surface area contributed by atoms with Gasteiger partial charge in [-0.05, 0) is 45.8 Å². The molecular weight excluding hydrogens is 238 g/mol. The van der Waals surface area contributed by atoms with E-state index < -0.39 is 0 Å². The highest BCUT2D eigenvalue weighted by atomic mass is 79.9. The van der Waals surface area contributed by atoms with E-state index in [1.807, 2.05) is 6.07 Å². The molecule has 0 bridgehead atoms. The minimum absolute atomic E-state index is 0.214. The Morgan fingerprint density at radius 3 is 2.43 bits per heavy atom. The average Bonchev–Trinajstić information content (AvgIpc) is 2.83. The lowest BCUT2D eigenvalue weighted by Gasteiger charge is -2.22. The summed E-state index contributed by atoms with van der Waals surface area (Å²) in [4.78, 5) is 4.62. The van der Waals surface area contributed by atoms with Crippen LogP contribution in [0.25, 0.3) is 0 Å². The zero-order valence-corrected chi connectivity index (χ0v) is 10.6. The lowest BCUT2D eigenvalue weighted by Crippen LogP contribution is -2.15. The number of nitrogens with zero attached hydrogens (tertiary/aromatic N) is 1. The standard InChI is InChI=1S/C12H16BrN/c1-12(2,3)9-6-7-10(13)14-11(9)8-4-5-8/h6-8H,4-5H2,1-3H3. The Labute approximate surface area is 94.1 Å². The van der Waals surface area contributed by atoms with Gasteiger partial charge in [0.05, 0.1) is 0 Å². The predicted molar refractivity (Wildman–Crippen MR) is 62.6 cm³/mol. The molecule has 1 aromatic heterocycles. The fourth-order valence-electron chi connectivity index (χ4n) is 1.75. The molecular formula is C12H16BrN. The van der Waals surface area contributed by atoms with Crippen molar-refractivity contribution in [2.75, 3.05) is 0 Å². The van der Waals surface area contributed by atoms with Gasteiger partial charge < -0.3 is 0 Å². The van der Waals surface area contributed by atoms with Crippen LogP contribution in [-0.4, -0.2) is 4.98 Å². The normalized spacial score (nSPS) is 17.1. The van der Waals surface area contributed by atoms with Gasteiger partial charge in [0.1, 0.15) is 4.60 Å². The first-order valence-corrected chi connectivity index (χ1v) is 5.95. The second-order valence-corrected chi connectivity index (χ2v) is 5.90.